The van der Waals surface area contributed by atoms with Gasteiger partial charge < -0.3 is 10.6 Å². The van der Waals surface area contributed by atoms with Crippen LogP contribution in [0.15, 0.2) is 29.2 Å². The first-order valence-corrected chi connectivity index (χ1v) is 12.9. The second-order valence-corrected chi connectivity index (χ2v) is 10.4. The molecule has 33 heavy (non-hydrogen) atoms. The van der Waals surface area contributed by atoms with E-state index in [1.807, 2.05) is 6.92 Å². The molecule has 4 amide bonds. The van der Waals surface area contributed by atoms with Gasteiger partial charge in [-0.15, -0.1) is 0 Å². The van der Waals surface area contributed by atoms with Crippen molar-refractivity contribution in [1.29, 1.82) is 0 Å². The Labute approximate surface area is 195 Å². The molecule has 2 aliphatic rings. The zero-order valence-corrected chi connectivity index (χ0v) is 20.2. The molecule has 1 aliphatic carbocycles. The van der Waals surface area contributed by atoms with Crippen LogP contribution >= 0.6 is 0 Å². The number of carbonyl (C=O) groups is 3. The highest BCUT2D eigenvalue weighted by Crippen LogP contribution is 2.33. The molecule has 10 nitrogen and oxygen atoms in total. The molecule has 2 fully saturated rings. The predicted molar refractivity (Wildman–Crippen MR) is 122 cm³/mol. The van der Waals surface area contributed by atoms with Gasteiger partial charge in [-0.05, 0) is 37.5 Å². The molecule has 0 bridgehead atoms. The lowest BCUT2D eigenvalue weighted by Gasteiger charge is -2.30. The Morgan fingerprint density at radius 3 is 2.30 bits per heavy atom. The summed E-state index contributed by atoms with van der Waals surface area (Å²) in [5.74, 6) is -0.919. The summed E-state index contributed by atoms with van der Waals surface area (Å²) in [4.78, 5) is 37.6. The van der Waals surface area contributed by atoms with Crippen molar-refractivity contribution >= 4 is 27.9 Å². The van der Waals surface area contributed by atoms with Crippen LogP contribution in [0.3, 0.4) is 0 Å². The Kier molecular flexibility index (Phi) is 7.76. The zero-order chi connectivity index (χ0) is 24.2. The number of nitrogens with one attached hydrogen (secondary N) is 3. The van der Waals surface area contributed by atoms with Gasteiger partial charge in [0.2, 0.25) is 10.0 Å². The number of amides is 4. The molecule has 3 rings (SSSR count). The monoisotopic (exact) mass is 479 g/mol. The predicted octanol–water partition coefficient (Wildman–Crippen LogP) is 1.65. The first-order valence-electron chi connectivity index (χ1n) is 11.4. The summed E-state index contributed by atoms with van der Waals surface area (Å²) in [6, 6.07) is 5.66. The molecule has 1 saturated carbocycles. The molecule has 1 atom stereocenters. The lowest BCUT2D eigenvalue weighted by atomic mass is 9.82. The minimum Gasteiger partial charge on any atom is -0.322 e. The number of sulfonamides is 1. The Balaban J connectivity index is 1.55. The highest BCUT2D eigenvalue weighted by Gasteiger charge is 2.52. The fraction of sp³-hybridized carbons (Fsp3) is 0.591. The van der Waals surface area contributed by atoms with Gasteiger partial charge in [0.1, 0.15) is 5.54 Å². The SMILES string of the molecule is CCN(CC)S(=O)(=O)c1ccc([C@@H](C)NCC(=O)NN2C(=O)NC3(CCCCC3)C2=O)cc1. The van der Waals surface area contributed by atoms with E-state index in [4.69, 9.17) is 0 Å². The van der Waals surface area contributed by atoms with Crippen LogP contribution in [0, 0.1) is 0 Å². The molecule has 0 unspecified atom stereocenters. The number of hydrazine groups is 1. The van der Waals surface area contributed by atoms with Crippen molar-refractivity contribution in [2.75, 3.05) is 19.6 Å². The summed E-state index contributed by atoms with van der Waals surface area (Å²) in [7, 11) is -3.53. The molecule has 1 saturated heterocycles. The van der Waals surface area contributed by atoms with Gasteiger partial charge >= 0.3 is 6.03 Å². The molecule has 0 radical (unpaired) electrons. The summed E-state index contributed by atoms with van der Waals surface area (Å²) in [5, 5.41) is 6.57. The van der Waals surface area contributed by atoms with E-state index in [1.165, 1.54) is 4.31 Å². The minimum absolute atomic E-state index is 0.120. The van der Waals surface area contributed by atoms with Gasteiger partial charge in [-0.1, -0.05) is 45.2 Å². The van der Waals surface area contributed by atoms with Crippen molar-refractivity contribution in [2.24, 2.45) is 0 Å². The minimum atomic E-state index is -3.53. The largest absolute Gasteiger partial charge is 0.344 e. The maximum Gasteiger partial charge on any atom is 0.344 e. The highest BCUT2D eigenvalue weighted by molar-refractivity contribution is 7.89. The quantitative estimate of drug-likeness (QED) is 0.462. The van der Waals surface area contributed by atoms with Crippen molar-refractivity contribution in [2.45, 2.75) is 69.4 Å². The third-order valence-corrected chi connectivity index (χ3v) is 8.46. The third kappa shape index (κ3) is 5.20. The van der Waals surface area contributed by atoms with Crippen LogP contribution in [0.2, 0.25) is 0 Å². The molecule has 1 heterocycles. The van der Waals surface area contributed by atoms with E-state index in [1.54, 1.807) is 38.1 Å². The summed E-state index contributed by atoms with van der Waals surface area (Å²) in [6.45, 7) is 6.09. The van der Waals surface area contributed by atoms with E-state index in [0.717, 1.165) is 29.8 Å². The van der Waals surface area contributed by atoms with Crippen LogP contribution in [0.5, 0.6) is 0 Å². The number of carbonyl (C=O) groups excluding carboxylic acids is 3. The van der Waals surface area contributed by atoms with Crippen molar-refractivity contribution in [3.05, 3.63) is 29.8 Å². The number of hydrogen-bond acceptors (Lipinski definition) is 6. The van der Waals surface area contributed by atoms with Gasteiger partial charge in [0.25, 0.3) is 11.8 Å². The second kappa shape index (κ2) is 10.2. The smallest absolute Gasteiger partial charge is 0.322 e. The van der Waals surface area contributed by atoms with E-state index < -0.39 is 33.4 Å². The molecule has 0 aromatic heterocycles. The van der Waals surface area contributed by atoms with Gasteiger partial charge in [0.05, 0.1) is 11.4 Å². The Morgan fingerprint density at radius 1 is 1.12 bits per heavy atom. The molecular weight excluding hydrogens is 446 g/mol. The van der Waals surface area contributed by atoms with Crippen molar-refractivity contribution in [3.63, 3.8) is 0 Å². The fourth-order valence-electron chi connectivity index (χ4n) is 4.38. The number of imide groups is 1. The van der Waals surface area contributed by atoms with Crippen LogP contribution in [0.4, 0.5) is 4.79 Å². The fourth-order valence-corrected chi connectivity index (χ4v) is 5.84. The lowest BCUT2D eigenvalue weighted by molar-refractivity contribution is -0.139. The lowest BCUT2D eigenvalue weighted by Crippen LogP contribution is -2.52. The summed E-state index contributed by atoms with van der Waals surface area (Å²) in [5.41, 5.74) is 2.31. The van der Waals surface area contributed by atoms with Crippen molar-refractivity contribution in [1.82, 2.24) is 25.4 Å². The third-order valence-electron chi connectivity index (χ3n) is 6.40. The van der Waals surface area contributed by atoms with E-state index in [2.05, 4.69) is 16.1 Å². The van der Waals surface area contributed by atoms with Crippen molar-refractivity contribution < 1.29 is 22.8 Å². The average Bonchev–Trinajstić information content (AvgIpc) is 3.02. The number of urea groups is 1. The molecule has 1 aromatic rings. The van der Waals surface area contributed by atoms with Crippen LogP contribution in [-0.2, 0) is 19.6 Å². The van der Waals surface area contributed by atoms with Gasteiger partial charge in [0.15, 0.2) is 0 Å². The average molecular weight is 480 g/mol. The summed E-state index contributed by atoms with van der Waals surface area (Å²) in [6.07, 6.45) is 3.92. The number of rotatable bonds is 9. The maximum atomic E-state index is 12.7. The number of hydrogen-bond donors (Lipinski definition) is 3. The van der Waals surface area contributed by atoms with Gasteiger partial charge in [0, 0.05) is 19.1 Å². The summed E-state index contributed by atoms with van der Waals surface area (Å²) >= 11 is 0. The van der Waals surface area contributed by atoms with Crippen LogP contribution in [-0.4, -0.2) is 60.8 Å². The van der Waals surface area contributed by atoms with Crippen LogP contribution in [0.25, 0.3) is 0 Å². The second-order valence-electron chi connectivity index (χ2n) is 8.51. The maximum absolute atomic E-state index is 12.7. The van der Waals surface area contributed by atoms with E-state index in [0.29, 0.717) is 25.9 Å². The molecule has 11 heteroatoms. The highest BCUT2D eigenvalue weighted by atomic mass is 32.2. The standard InChI is InChI=1S/C22H33N5O5S/c1-4-26(5-2)33(31,32)18-11-9-17(10-12-18)16(3)23-15-19(28)25-27-20(29)22(24-21(27)30)13-7-6-8-14-22/h9-12,16,23H,4-8,13-15H2,1-3H3,(H,24,30)(H,25,28)/t16-/m1/s1. The number of nitrogens with zero attached hydrogens (tertiary/aromatic N) is 2. The zero-order valence-electron chi connectivity index (χ0n) is 19.4. The molecule has 3 N–H and O–H groups in total. The van der Waals surface area contributed by atoms with E-state index in [-0.39, 0.29) is 17.5 Å². The van der Waals surface area contributed by atoms with E-state index in [9.17, 15) is 22.8 Å². The molecular formula is C22H33N5O5S. The van der Waals surface area contributed by atoms with E-state index >= 15 is 0 Å². The van der Waals surface area contributed by atoms with Crippen LogP contribution < -0.4 is 16.1 Å². The van der Waals surface area contributed by atoms with Gasteiger partial charge in [-0.25, -0.2) is 13.2 Å². The molecule has 1 aliphatic heterocycles. The van der Waals surface area contributed by atoms with Gasteiger partial charge in [-0.2, -0.15) is 9.31 Å². The Hall–Kier alpha value is -2.50. The Bertz CT molecular complexity index is 985. The molecule has 1 aromatic carbocycles. The van der Waals surface area contributed by atoms with Crippen molar-refractivity contribution in [3.8, 4) is 0 Å². The Morgan fingerprint density at radius 2 is 1.73 bits per heavy atom. The van der Waals surface area contributed by atoms with Crippen LogP contribution in [0.1, 0.15) is 64.5 Å². The normalized spacial score (nSPS) is 19.1. The number of benzene rings is 1. The van der Waals surface area contributed by atoms with Gasteiger partial charge in [-0.3, -0.25) is 15.0 Å². The first-order chi connectivity index (χ1) is 15.6. The molecule has 1 spiro atoms. The molecule has 182 valence electrons. The topological polar surface area (TPSA) is 128 Å². The first kappa shape index (κ1) is 25.1. The summed E-state index contributed by atoms with van der Waals surface area (Å²) < 4.78 is 26.6.